The van der Waals surface area contributed by atoms with Gasteiger partial charge in [0.15, 0.2) is 6.61 Å². The number of hydrogen-bond donors (Lipinski definition) is 0. The largest absolute Gasteiger partial charge is 0.455 e. The van der Waals surface area contributed by atoms with E-state index in [-0.39, 0.29) is 18.9 Å². The molecule has 0 aliphatic carbocycles. The van der Waals surface area contributed by atoms with Crippen molar-refractivity contribution in [2.24, 2.45) is 0 Å². The fraction of sp³-hybridized carbons (Fsp3) is 0.450. The van der Waals surface area contributed by atoms with Crippen molar-refractivity contribution in [2.45, 2.75) is 39.0 Å². The van der Waals surface area contributed by atoms with Crippen molar-refractivity contribution < 1.29 is 18.7 Å². The summed E-state index contributed by atoms with van der Waals surface area (Å²) in [5.41, 5.74) is 1.39. The normalized spacial score (nSPS) is 14.7. The molecule has 2 aromatic rings. The highest BCUT2D eigenvalue weighted by Gasteiger charge is 2.19. The highest BCUT2D eigenvalue weighted by Crippen LogP contribution is 2.21. The molecule has 138 valence electrons. The SMILES string of the molecule is Cc1oc(-c2ccccc2)nc1CC(=O)OCC(=O)N1CCCCCC1. The zero-order valence-corrected chi connectivity index (χ0v) is 15.1. The molecule has 26 heavy (non-hydrogen) atoms. The van der Waals surface area contributed by atoms with E-state index in [0.29, 0.717) is 17.3 Å². The lowest BCUT2D eigenvalue weighted by molar-refractivity contribution is -0.151. The van der Waals surface area contributed by atoms with Crippen molar-refractivity contribution >= 4 is 11.9 Å². The van der Waals surface area contributed by atoms with Crippen LogP contribution in [0, 0.1) is 6.92 Å². The first kappa shape index (κ1) is 18.2. The van der Waals surface area contributed by atoms with Crippen LogP contribution in [0.15, 0.2) is 34.7 Å². The minimum atomic E-state index is -0.468. The zero-order chi connectivity index (χ0) is 18.4. The molecule has 1 aliphatic rings. The smallest absolute Gasteiger partial charge is 0.312 e. The summed E-state index contributed by atoms with van der Waals surface area (Å²) in [4.78, 5) is 30.4. The monoisotopic (exact) mass is 356 g/mol. The van der Waals surface area contributed by atoms with Gasteiger partial charge in [0.1, 0.15) is 5.76 Å². The summed E-state index contributed by atoms with van der Waals surface area (Å²) in [6, 6.07) is 9.51. The third-order valence-corrected chi connectivity index (χ3v) is 4.54. The van der Waals surface area contributed by atoms with Crippen LogP contribution in [0.4, 0.5) is 0 Å². The number of benzene rings is 1. The zero-order valence-electron chi connectivity index (χ0n) is 15.1. The van der Waals surface area contributed by atoms with Gasteiger partial charge in [0.25, 0.3) is 5.91 Å². The van der Waals surface area contributed by atoms with Crippen molar-refractivity contribution in [2.75, 3.05) is 19.7 Å². The van der Waals surface area contributed by atoms with Crippen LogP contribution in [0.2, 0.25) is 0 Å². The first-order valence-electron chi connectivity index (χ1n) is 9.08. The van der Waals surface area contributed by atoms with Crippen molar-refractivity contribution in [3.05, 3.63) is 41.8 Å². The summed E-state index contributed by atoms with van der Waals surface area (Å²) in [6.45, 7) is 3.06. The van der Waals surface area contributed by atoms with Gasteiger partial charge < -0.3 is 14.1 Å². The highest BCUT2D eigenvalue weighted by molar-refractivity contribution is 5.81. The van der Waals surface area contributed by atoms with Crippen LogP contribution in [0.3, 0.4) is 0 Å². The Bertz CT molecular complexity index is 746. The molecule has 0 spiro atoms. The molecule has 2 heterocycles. The number of likely N-dealkylation sites (tertiary alicyclic amines) is 1. The Hall–Kier alpha value is -2.63. The van der Waals surface area contributed by atoms with Gasteiger partial charge in [0.2, 0.25) is 5.89 Å². The highest BCUT2D eigenvalue weighted by atomic mass is 16.5. The Morgan fingerprint density at radius 1 is 1.12 bits per heavy atom. The molecule has 0 atom stereocenters. The lowest BCUT2D eigenvalue weighted by Crippen LogP contribution is -2.35. The van der Waals surface area contributed by atoms with Gasteiger partial charge in [0.05, 0.1) is 12.1 Å². The molecule has 1 amide bonds. The number of hydrogen-bond acceptors (Lipinski definition) is 5. The molecule has 1 aliphatic heterocycles. The number of aromatic nitrogens is 1. The fourth-order valence-electron chi connectivity index (χ4n) is 3.04. The second kappa shape index (κ2) is 8.65. The van der Waals surface area contributed by atoms with Crippen LogP contribution in [0.5, 0.6) is 0 Å². The van der Waals surface area contributed by atoms with E-state index < -0.39 is 5.97 Å². The average Bonchev–Trinajstić information content (AvgIpc) is 2.86. The van der Waals surface area contributed by atoms with E-state index >= 15 is 0 Å². The lowest BCUT2D eigenvalue weighted by atomic mass is 10.2. The molecule has 1 fully saturated rings. The molecule has 3 rings (SSSR count). The number of carbonyl (C=O) groups is 2. The summed E-state index contributed by atoms with van der Waals surface area (Å²) in [7, 11) is 0. The third-order valence-electron chi connectivity index (χ3n) is 4.54. The van der Waals surface area contributed by atoms with Crippen molar-refractivity contribution in [1.82, 2.24) is 9.88 Å². The van der Waals surface area contributed by atoms with Crippen molar-refractivity contribution in [3.8, 4) is 11.5 Å². The molecule has 0 unspecified atom stereocenters. The summed E-state index contributed by atoms with van der Waals surface area (Å²) in [6.07, 6.45) is 4.33. The van der Waals surface area contributed by atoms with E-state index in [1.54, 1.807) is 11.8 Å². The Kier molecular flexibility index (Phi) is 6.04. The van der Waals surface area contributed by atoms with Crippen LogP contribution in [-0.4, -0.2) is 41.5 Å². The topological polar surface area (TPSA) is 72.6 Å². The Morgan fingerprint density at radius 2 is 1.81 bits per heavy atom. The number of aryl methyl sites for hydroxylation is 1. The van der Waals surface area contributed by atoms with Gasteiger partial charge in [-0.1, -0.05) is 31.0 Å². The minimum Gasteiger partial charge on any atom is -0.455 e. The molecule has 6 heteroatoms. The molecular formula is C20H24N2O4. The van der Waals surface area contributed by atoms with Gasteiger partial charge in [-0.2, -0.15) is 0 Å². The first-order valence-corrected chi connectivity index (χ1v) is 9.08. The van der Waals surface area contributed by atoms with E-state index in [1.807, 2.05) is 30.3 Å². The second-order valence-corrected chi connectivity index (χ2v) is 6.52. The number of ether oxygens (including phenoxy) is 1. The van der Waals surface area contributed by atoms with E-state index in [1.165, 1.54) is 0 Å². The minimum absolute atomic E-state index is 0.00452. The Balaban J connectivity index is 1.53. The number of oxazole rings is 1. The van der Waals surface area contributed by atoms with Crippen LogP contribution in [0.1, 0.15) is 37.1 Å². The van der Waals surface area contributed by atoms with Gasteiger partial charge in [-0.05, 0) is 31.9 Å². The number of carbonyl (C=O) groups excluding carboxylic acids is 2. The van der Waals surface area contributed by atoms with Gasteiger partial charge in [0, 0.05) is 18.7 Å². The Labute approximate surface area is 153 Å². The average molecular weight is 356 g/mol. The predicted octanol–water partition coefficient (Wildman–Crippen LogP) is 3.14. The predicted molar refractivity (Wildman–Crippen MR) is 96.4 cm³/mol. The maximum Gasteiger partial charge on any atom is 0.312 e. The maximum absolute atomic E-state index is 12.2. The number of nitrogens with zero attached hydrogens (tertiary/aromatic N) is 2. The van der Waals surface area contributed by atoms with Crippen LogP contribution >= 0.6 is 0 Å². The van der Waals surface area contributed by atoms with Gasteiger partial charge in [-0.3, -0.25) is 9.59 Å². The molecule has 0 N–H and O–H groups in total. The van der Waals surface area contributed by atoms with E-state index in [2.05, 4.69) is 4.98 Å². The fourth-order valence-corrected chi connectivity index (χ4v) is 3.04. The van der Waals surface area contributed by atoms with Crippen molar-refractivity contribution in [3.63, 3.8) is 0 Å². The first-order chi connectivity index (χ1) is 12.6. The maximum atomic E-state index is 12.2. The third kappa shape index (κ3) is 4.71. The molecule has 6 nitrogen and oxygen atoms in total. The van der Waals surface area contributed by atoms with Crippen LogP contribution in [0.25, 0.3) is 11.5 Å². The standard InChI is InChI=1S/C20H24N2O4/c1-15-17(21-20(26-15)16-9-5-4-6-10-16)13-19(24)25-14-18(23)22-11-7-2-3-8-12-22/h4-6,9-10H,2-3,7-8,11-14H2,1H3. The quantitative estimate of drug-likeness (QED) is 0.770. The Morgan fingerprint density at radius 3 is 2.50 bits per heavy atom. The molecule has 0 radical (unpaired) electrons. The summed E-state index contributed by atoms with van der Waals surface area (Å²) in [5, 5.41) is 0. The van der Waals surface area contributed by atoms with E-state index in [4.69, 9.17) is 9.15 Å². The second-order valence-electron chi connectivity index (χ2n) is 6.52. The van der Waals surface area contributed by atoms with Crippen LogP contribution < -0.4 is 0 Å². The molecule has 1 aromatic carbocycles. The summed E-state index contributed by atoms with van der Waals surface area (Å²) < 4.78 is 10.8. The van der Waals surface area contributed by atoms with Gasteiger partial charge >= 0.3 is 5.97 Å². The molecule has 1 aromatic heterocycles. The molecule has 1 saturated heterocycles. The van der Waals surface area contributed by atoms with Gasteiger partial charge in [-0.25, -0.2) is 4.98 Å². The number of esters is 1. The van der Waals surface area contributed by atoms with Crippen LogP contribution in [-0.2, 0) is 20.7 Å². The lowest BCUT2D eigenvalue weighted by Gasteiger charge is -2.19. The summed E-state index contributed by atoms with van der Waals surface area (Å²) in [5.74, 6) is 0.470. The molecular weight excluding hydrogens is 332 g/mol. The summed E-state index contributed by atoms with van der Waals surface area (Å²) >= 11 is 0. The van der Waals surface area contributed by atoms with Gasteiger partial charge in [-0.15, -0.1) is 0 Å². The van der Waals surface area contributed by atoms with Crippen molar-refractivity contribution in [1.29, 1.82) is 0 Å². The number of rotatable bonds is 5. The molecule has 0 saturated carbocycles. The van der Waals surface area contributed by atoms with E-state index in [9.17, 15) is 9.59 Å². The number of amides is 1. The van der Waals surface area contributed by atoms with E-state index in [0.717, 1.165) is 44.3 Å². The molecule has 0 bridgehead atoms.